The van der Waals surface area contributed by atoms with Crippen LogP contribution in [0, 0.1) is 23.3 Å². The standard InChI is InChI=1S/C20H15Cl2F4N3O4.C19H13Cl2F4N3O4.C18H15ClF4N2O4.C14H14ClFN2O2.C6H10O3.4CO2.4CH4.B4/c1-3-7-32-18-12(5-4-6-27-18)33-17-10(21)8-11(23)16(15(17)22)29-14(30)9-13(20(24,25)26)28(2)19(29)31;1-2-6-31-17-11(4-3-5-26-17)32-16-9(20)7-10(22)15(14(16)21)28-13(29)8-12(19(23,24)25)27-18(28)30;1-2-6-28-17-13(4-3-5-24-17)29-14-8-12(11(20)7-10(14)19)25-16(27)9-15(26)18(21,22)23;1-2-6-19-14-12(4-3-5-18-14)20-13-8-11(17)10(16)7-9(13)15;1-3-9-6(8)4-5(2)7;4*2-1-3;;;;;1-4(2)3/h4-6,8-9H,3,7H2,1-2H3;3-5,7-8H,2,6H2,1H3,(H,27,30);3-5,7-8H,2,6,9H2,1H3,(H,25,27);3-5,7-8H,2,6,17H2,1H3;3-4H2,1-2H3;;;;;4*1H4;. The van der Waals surface area contributed by atoms with Crippen molar-refractivity contribution < 1.29 is 157 Å². The second-order valence-corrected chi connectivity index (χ2v) is 27.6. The fourth-order valence-electron chi connectivity index (χ4n) is 9.37. The van der Waals surface area contributed by atoms with Crippen molar-refractivity contribution in [1.29, 1.82) is 0 Å². The summed E-state index contributed by atoms with van der Waals surface area (Å²) in [5, 5.41) is -0.0656. The minimum atomic E-state index is -5.17. The lowest BCUT2D eigenvalue weighted by Gasteiger charge is -2.18. The number of ketones is 2. The van der Waals surface area contributed by atoms with Crippen LogP contribution in [0.4, 0.5) is 68.5 Å². The van der Waals surface area contributed by atoms with E-state index in [1.54, 1.807) is 31.3 Å². The van der Waals surface area contributed by atoms with Gasteiger partial charge in [0.15, 0.2) is 46.1 Å². The number of ether oxygens (including phenoxy) is 9. The zero-order valence-electron chi connectivity index (χ0n) is 72.2. The average Bonchev–Trinajstić information content (AvgIpc) is 0.757. The van der Waals surface area contributed by atoms with Crippen LogP contribution in [0.25, 0.3) is 11.4 Å². The summed E-state index contributed by atoms with van der Waals surface area (Å²) in [5.74, 6) is -7.61. The monoisotopic (exact) mass is 2140 g/mol. The minimum Gasteiger partial charge on any atom is -0.475 e. The Morgan fingerprint density at radius 3 is 1.14 bits per heavy atom. The van der Waals surface area contributed by atoms with Crippen LogP contribution in [0.1, 0.15) is 121 Å². The van der Waals surface area contributed by atoms with Crippen molar-refractivity contribution in [2.75, 3.05) is 44.1 Å². The van der Waals surface area contributed by atoms with Crippen LogP contribution in [-0.4, -0.2) is 155 Å². The molecule has 0 spiro atoms. The van der Waals surface area contributed by atoms with E-state index in [0.717, 1.165) is 31.7 Å². The molecule has 6 radical (unpaired) electrons. The fraction of sp³-hybridized carbons (Fsp3) is 0.294. The van der Waals surface area contributed by atoms with E-state index in [1.165, 1.54) is 66.9 Å². The number of halogens is 19. The first-order valence-electron chi connectivity index (χ1n) is 38.0. The molecule has 0 aliphatic heterocycles. The number of nitrogens with two attached hydrogens (primary N) is 1. The van der Waals surface area contributed by atoms with Crippen LogP contribution >= 0.6 is 69.6 Å². The van der Waals surface area contributed by atoms with E-state index >= 15 is 0 Å². The van der Waals surface area contributed by atoms with Crippen molar-refractivity contribution in [3.8, 4) is 80.9 Å². The van der Waals surface area contributed by atoms with Crippen molar-refractivity contribution in [2.24, 2.45) is 7.05 Å². The van der Waals surface area contributed by atoms with E-state index in [0.29, 0.717) is 76.1 Å². The van der Waals surface area contributed by atoms with E-state index in [9.17, 15) is 95.4 Å². The highest BCUT2D eigenvalue weighted by molar-refractivity contribution is 7.49. The van der Waals surface area contributed by atoms with E-state index in [1.807, 2.05) is 33.0 Å². The molecule has 35 nitrogen and oxygen atoms in total. The number of esters is 1. The molecular weight excluding hydrogens is 2060 g/mol. The summed E-state index contributed by atoms with van der Waals surface area (Å²) in [5.41, 5.74) is -5.78. The van der Waals surface area contributed by atoms with Gasteiger partial charge >= 0.3 is 60.5 Å². The normalized spacial score (nSPS) is 9.86. The lowest BCUT2D eigenvalue weighted by Crippen LogP contribution is -2.41. The number of anilines is 2. The molecule has 0 saturated carbocycles. The largest absolute Gasteiger partial charge is 0.475 e. The Morgan fingerprint density at radius 2 is 0.811 bits per heavy atom. The maximum absolute atomic E-state index is 14.8. The molecule has 0 aliphatic rings. The Hall–Kier alpha value is -14.1. The van der Waals surface area contributed by atoms with Crippen LogP contribution < -0.4 is 71.4 Å². The van der Waals surface area contributed by atoms with Crippen molar-refractivity contribution in [3.05, 3.63) is 228 Å². The summed E-state index contributed by atoms with van der Waals surface area (Å²) >= 11 is 36.4. The molecule has 4 aromatic carbocycles. The number of carbonyl (C=O) groups excluding carboxylic acids is 12. The Balaban J connectivity index is -0.000000832. The molecule has 1 amide bonds. The maximum Gasteiger partial charge on any atom is 0.450 e. The zero-order valence-corrected chi connectivity index (χ0v) is 76.8. The number of benzene rings is 4. The van der Waals surface area contributed by atoms with Gasteiger partial charge in [-0.05, 0) is 112 Å². The number of nitrogens with one attached hydrogen (secondary N) is 2. The van der Waals surface area contributed by atoms with Crippen LogP contribution in [0.2, 0.25) is 30.1 Å². The summed E-state index contributed by atoms with van der Waals surface area (Å²) in [7, 11) is 14.8. The molecule has 0 aliphatic carbocycles. The third-order valence-electron chi connectivity index (χ3n) is 14.8. The van der Waals surface area contributed by atoms with Gasteiger partial charge in [0.2, 0.25) is 11.7 Å². The molecule has 0 atom stereocenters. The lowest BCUT2D eigenvalue weighted by atomic mass is 9.08. The predicted octanol–water partition coefficient (Wildman–Crippen LogP) is 18.1. The van der Waals surface area contributed by atoms with Gasteiger partial charge in [-0.15, -0.1) is 0 Å². The molecule has 4 N–H and O–H groups in total. The second kappa shape index (κ2) is 68.1. The SMILES string of the molecule is C.C.C.C.CCCOc1ncccc1Oc1c(Cl)cc(F)c(-n2c(=O)cc(C(F)(F)F)[nH]c2=O)c1Cl.CCCOc1ncccc1Oc1c(Cl)cc(F)c(-n2c(=O)cc(C(F)(F)F)n(C)c2=O)c1Cl.CCCOc1ncccc1Oc1cc(N)c(F)cc1Cl.CCCOc1ncccc1Oc1cc(NC(=O)CC(=O)C(F)(F)F)c(F)cc1Cl.CCOC(=O)CC(C)=O.O=C=O.O=C=O.O=C=O.O=C=O.[B]B([B])[B]. The number of amides is 1. The van der Waals surface area contributed by atoms with Crippen molar-refractivity contribution in [3.63, 3.8) is 0 Å². The van der Waals surface area contributed by atoms with Crippen LogP contribution in [-0.2, 0) is 81.7 Å². The van der Waals surface area contributed by atoms with E-state index in [4.69, 9.17) is 152 Å². The highest BCUT2D eigenvalue weighted by Crippen LogP contribution is 2.46. The Kier molecular flexibility index (Phi) is 64.4. The summed E-state index contributed by atoms with van der Waals surface area (Å²) in [6.07, 6.45) is -7.60. The molecule has 0 fully saturated rings. The molecule has 58 heteroatoms. The first-order valence-corrected chi connectivity index (χ1v) is 40.3. The number of nitrogens with zero attached hydrogens (tertiary/aromatic N) is 7. The predicted molar refractivity (Wildman–Crippen MR) is 494 cm³/mol. The van der Waals surface area contributed by atoms with Gasteiger partial charge in [0.05, 0.1) is 70.9 Å². The molecule has 10 rings (SSSR count). The molecule has 143 heavy (non-hydrogen) atoms. The lowest BCUT2D eigenvalue weighted by molar-refractivity contribution is -0.193. The molecule has 10 aromatic rings. The number of alkyl halides is 9. The highest BCUT2D eigenvalue weighted by atomic mass is 35.5. The molecule has 6 heterocycles. The minimum absolute atomic E-state index is 0. The van der Waals surface area contributed by atoms with Crippen LogP contribution in [0.15, 0.2) is 141 Å². The number of Topliss-reactive ketones (excluding diaryl/α,β-unsaturated/α-hetero) is 2. The number of aromatic nitrogens is 8. The third kappa shape index (κ3) is 45.6. The van der Waals surface area contributed by atoms with Gasteiger partial charge in [-0.2, -0.15) is 77.9 Å². The van der Waals surface area contributed by atoms with Gasteiger partial charge in [-0.1, -0.05) is 127 Å². The van der Waals surface area contributed by atoms with Gasteiger partial charge in [0.1, 0.15) is 68.1 Å². The third-order valence-corrected chi connectivity index (χ3v) is 16.6. The average molecular weight is 2150 g/mol. The molecule has 0 saturated heterocycles. The summed E-state index contributed by atoms with van der Waals surface area (Å²) < 4.78 is 221. The van der Waals surface area contributed by atoms with Gasteiger partial charge < -0.3 is 58.7 Å². The van der Waals surface area contributed by atoms with E-state index in [-0.39, 0.29) is 176 Å². The first-order chi connectivity index (χ1) is 65.3. The molecule has 768 valence electrons. The number of rotatable bonds is 28. The summed E-state index contributed by atoms with van der Waals surface area (Å²) in [6, 6.07) is 18.3. The quantitative estimate of drug-likeness (QED) is 0.0135. The summed E-state index contributed by atoms with van der Waals surface area (Å²) in [4.78, 5) is 175. The summed E-state index contributed by atoms with van der Waals surface area (Å²) in [6.45, 7) is 12.5. The highest BCUT2D eigenvalue weighted by Gasteiger charge is 2.40. The van der Waals surface area contributed by atoms with Crippen LogP contribution in [0.5, 0.6) is 69.5 Å². The number of hydrogen-bond acceptors (Lipinski definition) is 30. The van der Waals surface area contributed by atoms with Gasteiger partial charge in [-0.3, -0.25) is 33.3 Å². The molecule has 0 bridgehead atoms. The number of carbonyl (C=O) groups is 4. The van der Waals surface area contributed by atoms with Gasteiger partial charge in [-0.25, -0.2) is 56.2 Å². The maximum atomic E-state index is 14.8. The Morgan fingerprint density at radius 1 is 0.476 bits per heavy atom. The van der Waals surface area contributed by atoms with Crippen molar-refractivity contribution in [1.82, 2.24) is 38.6 Å². The zero-order chi connectivity index (χ0) is 106. The van der Waals surface area contributed by atoms with E-state index in [2.05, 4.69) is 47.9 Å². The van der Waals surface area contributed by atoms with E-state index < -0.39 is 133 Å². The topological polar surface area (TPSA) is 476 Å². The number of hydrogen-bond donors (Lipinski definition) is 3. The number of H-pyrrole nitrogens is 1. The Bertz CT molecular complexity index is 6150. The molecular formula is C85H83B4Cl6F13N10O25. The molecule has 0 unspecified atom stereocenters. The molecule has 6 aromatic heterocycles. The number of nitrogen functional groups attached to an aromatic ring is 1. The van der Waals surface area contributed by atoms with Crippen molar-refractivity contribution >= 4 is 159 Å². The fourth-order valence-corrected chi connectivity index (χ4v) is 10.9. The number of aromatic amines is 1. The Labute approximate surface area is 838 Å². The van der Waals surface area contributed by atoms with Gasteiger partial charge in [0, 0.05) is 85.7 Å². The van der Waals surface area contributed by atoms with Crippen molar-refractivity contribution in [2.45, 2.75) is 128 Å². The first kappa shape index (κ1) is 135. The number of pyridine rings is 4. The van der Waals surface area contributed by atoms with Crippen LogP contribution in [0.3, 0.4) is 0 Å². The van der Waals surface area contributed by atoms with Gasteiger partial charge in [0.25, 0.3) is 34.6 Å². The second-order valence-electron chi connectivity index (χ2n) is 25.2. The smallest absolute Gasteiger partial charge is 0.450 e.